The van der Waals surface area contributed by atoms with Crippen LogP contribution >= 0.6 is 11.3 Å². The van der Waals surface area contributed by atoms with Gasteiger partial charge < -0.3 is 0 Å². The summed E-state index contributed by atoms with van der Waals surface area (Å²) < 4.78 is 0. The molecule has 0 atom stereocenters. The van der Waals surface area contributed by atoms with E-state index >= 15 is 0 Å². The Kier molecular flexibility index (Phi) is 3.34. The molecule has 3 rings (SSSR count). The van der Waals surface area contributed by atoms with Gasteiger partial charge in [-0.1, -0.05) is 18.2 Å². The Morgan fingerprint density at radius 2 is 1.75 bits per heavy atom. The monoisotopic (exact) mass is 275 g/mol. The summed E-state index contributed by atoms with van der Waals surface area (Å²) in [5.41, 5.74) is 2.84. The normalized spacial score (nSPS) is 10.0. The minimum Gasteiger partial charge on any atom is -0.252 e. The van der Waals surface area contributed by atoms with Gasteiger partial charge in [0.25, 0.3) is 0 Å². The van der Waals surface area contributed by atoms with E-state index in [4.69, 9.17) is 0 Å². The molecule has 83 valence electrons. The minimum atomic E-state index is 0. The largest absolute Gasteiger partial charge is 0.252 e. The van der Waals surface area contributed by atoms with E-state index in [1.165, 1.54) is 0 Å². The average Bonchev–Trinajstić information content (AvgIpc) is 2.82. The zero-order valence-corrected chi connectivity index (χ0v) is 9.98. The number of thiophene rings is 1. The molecule has 0 spiro atoms. The smallest absolute Gasteiger partial charge is 0.0992 e. The zero-order chi connectivity index (χ0) is 10.1. The number of benzene rings is 1. The van der Waals surface area contributed by atoms with Gasteiger partial charge in [0.15, 0.2) is 0 Å². The van der Waals surface area contributed by atoms with E-state index < -0.39 is 0 Å². The van der Waals surface area contributed by atoms with Gasteiger partial charge in [-0.2, -0.15) is 0 Å². The van der Waals surface area contributed by atoms with E-state index in [0.717, 1.165) is 21.6 Å². The summed E-state index contributed by atoms with van der Waals surface area (Å²) in [6.45, 7) is 0. The Balaban J connectivity index is 0.000000963. The molecule has 1 radical (unpaired) electrons. The fourth-order valence-electron chi connectivity index (χ4n) is 1.50. The SMILES string of the molecule is [Cu].c1csc(-c2cnc3ccccc3n2)c1. The first-order chi connectivity index (χ1) is 7.43. The molecule has 16 heavy (non-hydrogen) atoms. The molecule has 4 heteroatoms. The van der Waals surface area contributed by atoms with Crippen molar-refractivity contribution in [3.63, 3.8) is 0 Å². The van der Waals surface area contributed by atoms with Crippen molar-refractivity contribution >= 4 is 22.4 Å². The molecule has 0 aliphatic heterocycles. The third kappa shape index (κ3) is 2.00. The summed E-state index contributed by atoms with van der Waals surface area (Å²) in [6, 6.07) is 12.0. The van der Waals surface area contributed by atoms with E-state index in [-0.39, 0.29) is 17.1 Å². The van der Waals surface area contributed by atoms with Crippen molar-refractivity contribution in [1.82, 2.24) is 9.97 Å². The maximum absolute atomic E-state index is 4.57. The Hall–Kier alpha value is -1.22. The third-order valence-electron chi connectivity index (χ3n) is 2.22. The topological polar surface area (TPSA) is 25.8 Å². The van der Waals surface area contributed by atoms with E-state index in [1.54, 1.807) is 11.3 Å². The van der Waals surface area contributed by atoms with Crippen LogP contribution in [0, 0.1) is 0 Å². The minimum absolute atomic E-state index is 0. The van der Waals surface area contributed by atoms with Gasteiger partial charge in [0, 0.05) is 17.1 Å². The predicted molar refractivity (Wildman–Crippen MR) is 62.9 cm³/mol. The van der Waals surface area contributed by atoms with Crippen LogP contribution < -0.4 is 0 Å². The summed E-state index contributed by atoms with van der Waals surface area (Å²) in [7, 11) is 0. The van der Waals surface area contributed by atoms with Gasteiger partial charge in [0.1, 0.15) is 0 Å². The van der Waals surface area contributed by atoms with Crippen LogP contribution in [0.1, 0.15) is 0 Å². The Morgan fingerprint density at radius 1 is 0.938 bits per heavy atom. The second-order valence-corrected chi connectivity index (χ2v) is 4.17. The number of nitrogens with zero attached hydrogens (tertiary/aromatic N) is 2. The van der Waals surface area contributed by atoms with Crippen molar-refractivity contribution in [2.24, 2.45) is 0 Å². The van der Waals surface area contributed by atoms with Crippen LogP contribution in [0.5, 0.6) is 0 Å². The van der Waals surface area contributed by atoms with Crippen molar-refractivity contribution in [3.05, 3.63) is 48.0 Å². The maximum atomic E-state index is 4.57. The average molecular weight is 276 g/mol. The van der Waals surface area contributed by atoms with Gasteiger partial charge in [-0.05, 0) is 23.6 Å². The molecule has 0 aliphatic rings. The van der Waals surface area contributed by atoms with Gasteiger partial charge in [0.05, 0.1) is 27.8 Å². The van der Waals surface area contributed by atoms with E-state index in [2.05, 4.69) is 16.0 Å². The molecular formula is C12H8CuN2S. The molecule has 0 bridgehead atoms. The van der Waals surface area contributed by atoms with Crippen LogP contribution in [0.15, 0.2) is 48.0 Å². The standard InChI is InChI=1S/C12H8N2S.Cu/c1-2-5-10-9(4-1)13-8-11(14-10)12-6-3-7-15-12;/h1-8H;. The summed E-state index contributed by atoms with van der Waals surface area (Å²) in [6.07, 6.45) is 1.83. The van der Waals surface area contributed by atoms with E-state index in [0.29, 0.717) is 0 Å². The first-order valence-electron chi connectivity index (χ1n) is 4.69. The van der Waals surface area contributed by atoms with Crippen LogP contribution in [0.3, 0.4) is 0 Å². The molecular weight excluding hydrogens is 268 g/mol. The molecule has 1 aromatic carbocycles. The number of fused-ring (bicyclic) bond motifs is 1. The molecule has 2 nitrogen and oxygen atoms in total. The molecule has 0 saturated carbocycles. The molecule has 0 saturated heterocycles. The molecule has 0 fully saturated rings. The quantitative estimate of drug-likeness (QED) is 0.637. The number of rotatable bonds is 1. The van der Waals surface area contributed by atoms with Crippen LogP contribution in [0.25, 0.3) is 21.6 Å². The number of hydrogen-bond donors (Lipinski definition) is 0. The molecule has 2 heterocycles. The molecule has 3 aromatic rings. The Labute approximate surface area is 108 Å². The van der Waals surface area contributed by atoms with Crippen LogP contribution in [0.2, 0.25) is 0 Å². The van der Waals surface area contributed by atoms with Gasteiger partial charge in [-0.15, -0.1) is 11.3 Å². The van der Waals surface area contributed by atoms with Crippen molar-refractivity contribution in [2.75, 3.05) is 0 Å². The van der Waals surface area contributed by atoms with Crippen molar-refractivity contribution in [3.8, 4) is 10.6 Å². The van der Waals surface area contributed by atoms with Crippen molar-refractivity contribution in [2.45, 2.75) is 0 Å². The first-order valence-corrected chi connectivity index (χ1v) is 5.57. The fourth-order valence-corrected chi connectivity index (χ4v) is 2.18. The fraction of sp³-hybridized carbons (Fsp3) is 0. The van der Waals surface area contributed by atoms with Crippen molar-refractivity contribution < 1.29 is 17.1 Å². The number of para-hydroxylation sites is 2. The summed E-state index contributed by atoms with van der Waals surface area (Å²) in [5.74, 6) is 0. The van der Waals surface area contributed by atoms with Crippen LogP contribution in [-0.4, -0.2) is 9.97 Å². The molecule has 0 aliphatic carbocycles. The molecule has 0 amide bonds. The summed E-state index contributed by atoms with van der Waals surface area (Å²) in [5, 5.41) is 2.05. The second-order valence-electron chi connectivity index (χ2n) is 3.22. The van der Waals surface area contributed by atoms with Crippen LogP contribution in [-0.2, 0) is 17.1 Å². The third-order valence-corrected chi connectivity index (χ3v) is 3.11. The van der Waals surface area contributed by atoms with Crippen LogP contribution in [0.4, 0.5) is 0 Å². The Morgan fingerprint density at radius 3 is 2.50 bits per heavy atom. The van der Waals surface area contributed by atoms with Gasteiger partial charge in [0.2, 0.25) is 0 Å². The van der Waals surface area contributed by atoms with E-state index in [1.807, 2.05) is 41.9 Å². The first kappa shape index (κ1) is 11.3. The molecule has 0 N–H and O–H groups in total. The summed E-state index contributed by atoms with van der Waals surface area (Å²) in [4.78, 5) is 10.1. The van der Waals surface area contributed by atoms with Gasteiger partial charge >= 0.3 is 0 Å². The van der Waals surface area contributed by atoms with Crippen molar-refractivity contribution in [1.29, 1.82) is 0 Å². The predicted octanol–water partition coefficient (Wildman–Crippen LogP) is 3.36. The zero-order valence-electron chi connectivity index (χ0n) is 8.22. The van der Waals surface area contributed by atoms with Gasteiger partial charge in [-0.3, -0.25) is 4.98 Å². The second kappa shape index (κ2) is 4.74. The maximum Gasteiger partial charge on any atom is 0.0992 e. The summed E-state index contributed by atoms with van der Waals surface area (Å²) >= 11 is 1.68. The van der Waals surface area contributed by atoms with Gasteiger partial charge in [-0.25, -0.2) is 4.98 Å². The Bertz CT molecular complexity index is 593. The molecule has 0 unspecified atom stereocenters. The number of hydrogen-bond acceptors (Lipinski definition) is 3. The number of aromatic nitrogens is 2. The van der Waals surface area contributed by atoms with E-state index in [9.17, 15) is 0 Å². The molecule has 2 aromatic heterocycles.